The van der Waals surface area contributed by atoms with Crippen LogP contribution in [-0.4, -0.2) is 62.9 Å². The van der Waals surface area contributed by atoms with Crippen LogP contribution < -0.4 is 20.7 Å². The first kappa shape index (κ1) is 34.4. The van der Waals surface area contributed by atoms with Crippen LogP contribution in [0.5, 0.6) is 0 Å². The fraction of sp³-hybridized carbons (Fsp3) is 0.500. The number of carbonyl (C=O) groups excluding carboxylic acids is 2. The number of nitrogens with zero attached hydrogens (tertiary/aromatic N) is 2. The molecule has 47 heavy (non-hydrogen) atoms. The number of aromatic amines is 1. The minimum absolute atomic E-state index is 0.111. The van der Waals surface area contributed by atoms with E-state index in [9.17, 15) is 14.4 Å². The van der Waals surface area contributed by atoms with Crippen molar-refractivity contribution >= 4 is 23.7 Å². The van der Waals surface area contributed by atoms with Gasteiger partial charge in [-0.15, -0.1) is 0 Å². The van der Waals surface area contributed by atoms with Gasteiger partial charge in [-0.25, -0.2) is 0 Å². The molecule has 2 amide bonds. The number of pyridine rings is 1. The van der Waals surface area contributed by atoms with E-state index in [4.69, 9.17) is 9.47 Å². The van der Waals surface area contributed by atoms with Crippen molar-refractivity contribution in [3.63, 3.8) is 0 Å². The number of H-pyrrole nitrogens is 1. The second kappa shape index (κ2) is 14.9. The topological polar surface area (TPSA) is 104 Å². The number of hydrogen-bond acceptors (Lipinski definition) is 6. The number of nitrogens with one attached hydrogen (secondary N) is 2. The third-order valence-electron chi connectivity index (χ3n) is 10.2. The first-order chi connectivity index (χ1) is 22.6. The SMILES string of the molecule is CCN(C=O)c1cc(-c2cc(C(=O)NCc3c(C)cc(C)[nH]c3=O)c(C)c(N(CC)C3CCOCC3)c2)ccc1C1(C)CCOCC1. The number of aryl methyl sites for hydroxylation is 2. The zero-order chi connectivity index (χ0) is 33.7. The minimum Gasteiger partial charge on any atom is -0.381 e. The van der Waals surface area contributed by atoms with E-state index in [1.54, 1.807) is 4.90 Å². The molecule has 9 heteroatoms. The Kier molecular flexibility index (Phi) is 10.9. The number of ether oxygens (including phenoxy) is 2. The summed E-state index contributed by atoms with van der Waals surface area (Å²) in [5, 5.41) is 3.04. The Labute approximate surface area is 278 Å². The predicted molar refractivity (Wildman–Crippen MR) is 188 cm³/mol. The van der Waals surface area contributed by atoms with Gasteiger partial charge in [-0.1, -0.05) is 19.1 Å². The molecule has 2 fully saturated rings. The summed E-state index contributed by atoms with van der Waals surface area (Å²) in [4.78, 5) is 46.1. The Balaban J connectivity index is 1.61. The van der Waals surface area contributed by atoms with E-state index in [0.717, 1.165) is 83.5 Å². The molecule has 0 spiro atoms. The van der Waals surface area contributed by atoms with E-state index in [1.165, 1.54) is 0 Å². The van der Waals surface area contributed by atoms with Crippen molar-refractivity contribution in [2.24, 2.45) is 0 Å². The molecule has 0 unspecified atom stereocenters. The lowest BCUT2D eigenvalue weighted by Gasteiger charge is -2.37. The van der Waals surface area contributed by atoms with Gasteiger partial charge in [-0.2, -0.15) is 0 Å². The van der Waals surface area contributed by atoms with Gasteiger partial charge in [0.05, 0.1) is 0 Å². The second-order valence-electron chi connectivity index (χ2n) is 13.2. The normalized spacial score (nSPS) is 16.5. The molecule has 0 saturated carbocycles. The molecule has 3 aromatic rings. The lowest BCUT2D eigenvalue weighted by Crippen LogP contribution is -2.40. The Morgan fingerprint density at radius 1 is 0.957 bits per heavy atom. The highest BCUT2D eigenvalue weighted by atomic mass is 16.5. The van der Waals surface area contributed by atoms with Crippen molar-refractivity contribution in [2.75, 3.05) is 49.3 Å². The van der Waals surface area contributed by atoms with Crippen molar-refractivity contribution in [1.82, 2.24) is 10.3 Å². The number of hydrogen-bond donors (Lipinski definition) is 2. The highest BCUT2D eigenvalue weighted by Gasteiger charge is 2.33. The zero-order valence-corrected chi connectivity index (χ0v) is 28.8. The Hall–Kier alpha value is -3.95. The van der Waals surface area contributed by atoms with Gasteiger partial charge in [0.25, 0.3) is 11.5 Å². The van der Waals surface area contributed by atoms with E-state index in [1.807, 2.05) is 39.8 Å². The van der Waals surface area contributed by atoms with Gasteiger partial charge in [0.15, 0.2) is 0 Å². The summed E-state index contributed by atoms with van der Waals surface area (Å²) in [7, 11) is 0. The third-order valence-corrected chi connectivity index (χ3v) is 10.2. The Morgan fingerprint density at radius 3 is 2.28 bits per heavy atom. The maximum atomic E-state index is 14.0. The number of benzene rings is 2. The largest absolute Gasteiger partial charge is 0.381 e. The molecular formula is C38H50N4O5. The quantitative estimate of drug-likeness (QED) is 0.251. The standard InChI is InChI=1S/C38H50N4O5/c1-7-41(24-43)35-21-28(9-10-33(35)38(6)13-17-47-18-14-38)29-20-31(36(44)39-23-32-25(3)19-26(4)40-37(32)45)27(5)34(22-29)42(8-2)30-11-15-46-16-12-30/h9-10,19-22,24,30H,7-8,11-18,23H2,1-6H3,(H,39,44)(H,40,45). The van der Waals surface area contributed by atoms with Crippen LogP contribution >= 0.6 is 0 Å². The zero-order valence-electron chi connectivity index (χ0n) is 28.8. The second-order valence-corrected chi connectivity index (χ2v) is 13.2. The lowest BCUT2D eigenvalue weighted by molar-refractivity contribution is -0.107. The van der Waals surface area contributed by atoms with Gasteiger partial charge >= 0.3 is 0 Å². The average Bonchev–Trinajstić information content (AvgIpc) is 3.06. The summed E-state index contributed by atoms with van der Waals surface area (Å²) in [5.74, 6) is -0.234. The summed E-state index contributed by atoms with van der Waals surface area (Å²) < 4.78 is 11.4. The number of carbonyl (C=O) groups is 2. The molecule has 9 nitrogen and oxygen atoms in total. The van der Waals surface area contributed by atoms with Crippen LogP contribution in [0, 0.1) is 20.8 Å². The molecule has 2 N–H and O–H groups in total. The monoisotopic (exact) mass is 642 g/mol. The number of amides is 2. The van der Waals surface area contributed by atoms with Crippen LogP contribution in [0.2, 0.25) is 0 Å². The maximum Gasteiger partial charge on any atom is 0.253 e. The van der Waals surface area contributed by atoms with Crippen molar-refractivity contribution < 1.29 is 19.1 Å². The summed E-state index contributed by atoms with van der Waals surface area (Å²) in [6, 6.07) is 12.7. The Bertz CT molecular complexity index is 1650. The molecule has 2 aromatic carbocycles. The molecule has 0 aliphatic carbocycles. The van der Waals surface area contributed by atoms with E-state index < -0.39 is 0 Å². The van der Waals surface area contributed by atoms with Gasteiger partial charge < -0.3 is 29.6 Å². The molecule has 2 aliphatic rings. The molecule has 2 saturated heterocycles. The smallest absolute Gasteiger partial charge is 0.253 e. The molecule has 252 valence electrons. The average molecular weight is 643 g/mol. The van der Waals surface area contributed by atoms with Gasteiger partial charge in [0, 0.05) is 80.3 Å². The van der Waals surface area contributed by atoms with Crippen molar-refractivity contribution in [3.8, 4) is 11.1 Å². The van der Waals surface area contributed by atoms with Gasteiger partial charge in [-0.3, -0.25) is 14.4 Å². The molecule has 0 atom stereocenters. The van der Waals surface area contributed by atoms with Crippen LogP contribution in [0.1, 0.15) is 84.8 Å². The van der Waals surface area contributed by atoms with E-state index in [-0.39, 0.29) is 23.4 Å². The van der Waals surface area contributed by atoms with Crippen LogP contribution in [0.25, 0.3) is 11.1 Å². The first-order valence-electron chi connectivity index (χ1n) is 17.0. The lowest BCUT2D eigenvalue weighted by atomic mass is 9.74. The van der Waals surface area contributed by atoms with Crippen molar-refractivity contribution in [1.29, 1.82) is 0 Å². The molecule has 0 radical (unpaired) electrons. The summed E-state index contributed by atoms with van der Waals surface area (Å²) in [6.45, 7) is 16.4. The molecule has 2 aliphatic heterocycles. The fourth-order valence-electron chi connectivity index (χ4n) is 7.24. The fourth-order valence-corrected chi connectivity index (χ4v) is 7.24. The van der Waals surface area contributed by atoms with Crippen molar-refractivity contribution in [3.05, 3.63) is 80.3 Å². The predicted octanol–water partition coefficient (Wildman–Crippen LogP) is 5.95. The van der Waals surface area contributed by atoms with Crippen molar-refractivity contribution in [2.45, 2.75) is 85.2 Å². The third kappa shape index (κ3) is 7.31. The van der Waals surface area contributed by atoms with Gasteiger partial charge in [0.1, 0.15) is 0 Å². The van der Waals surface area contributed by atoms with Gasteiger partial charge in [0.2, 0.25) is 6.41 Å². The van der Waals surface area contributed by atoms with E-state index in [0.29, 0.717) is 50.1 Å². The highest BCUT2D eigenvalue weighted by molar-refractivity contribution is 5.99. The van der Waals surface area contributed by atoms with Crippen LogP contribution in [0.4, 0.5) is 11.4 Å². The van der Waals surface area contributed by atoms with E-state index in [2.05, 4.69) is 53.3 Å². The first-order valence-corrected chi connectivity index (χ1v) is 17.0. The molecule has 0 bridgehead atoms. The highest BCUT2D eigenvalue weighted by Crippen LogP contribution is 2.42. The molecule has 5 rings (SSSR count). The van der Waals surface area contributed by atoms with Gasteiger partial charge in [-0.05, 0) is 118 Å². The maximum absolute atomic E-state index is 14.0. The number of rotatable bonds is 11. The Morgan fingerprint density at radius 2 is 1.64 bits per heavy atom. The number of anilines is 2. The minimum atomic E-state index is -0.234. The van der Waals surface area contributed by atoms with E-state index >= 15 is 0 Å². The van der Waals surface area contributed by atoms with Crippen LogP contribution in [0.3, 0.4) is 0 Å². The molecule has 3 heterocycles. The summed E-state index contributed by atoms with van der Waals surface area (Å²) in [6.07, 6.45) is 4.51. The number of aromatic nitrogens is 1. The van der Waals surface area contributed by atoms with Crippen LogP contribution in [-0.2, 0) is 26.2 Å². The molecule has 1 aromatic heterocycles. The van der Waals surface area contributed by atoms with Crippen LogP contribution in [0.15, 0.2) is 41.2 Å². The molecular weight excluding hydrogens is 592 g/mol. The summed E-state index contributed by atoms with van der Waals surface area (Å²) in [5.41, 5.74) is 8.21. The summed E-state index contributed by atoms with van der Waals surface area (Å²) >= 11 is 0.